The first kappa shape index (κ1) is 11.4. The molecule has 0 radical (unpaired) electrons. The lowest BCUT2D eigenvalue weighted by Crippen LogP contribution is -2.48. The number of hydrogen-bond donors (Lipinski definition) is 2. The van der Waals surface area contributed by atoms with Crippen LogP contribution < -0.4 is 11.5 Å². The number of hydrogen-bond acceptors (Lipinski definition) is 3. The predicted molar refractivity (Wildman–Crippen MR) is 49.6 cm³/mol. The summed E-state index contributed by atoms with van der Waals surface area (Å²) in [6.45, 7) is 4.46. The van der Waals surface area contributed by atoms with Crippen LogP contribution in [0.15, 0.2) is 0 Å². The summed E-state index contributed by atoms with van der Waals surface area (Å²) >= 11 is 0. The average molecular weight is 173 g/mol. The van der Waals surface area contributed by atoms with Crippen molar-refractivity contribution < 1.29 is 4.79 Å². The molecule has 2 unspecified atom stereocenters. The summed E-state index contributed by atoms with van der Waals surface area (Å²) in [7, 11) is 1.87. The molecule has 4 N–H and O–H groups in total. The third-order valence-electron chi connectivity index (χ3n) is 2.24. The summed E-state index contributed by atoms with van der Waals surface area (Å²) in [4.78, 5) is 12.9. The fourth-order valence-corrected chi connectivity index (χ4v) is 1.16. The second kappa shape index (κ2) is 5.11. The van der Waals surface area contributed by atoms with Crippen molar-refractivity contribution in [3.8, 4) is 0 Å². The number of carbonyl (C=O) groups excluding carboxylic acids is 1. The molecule has 0 aromatic heterocycles. The molecule has 2 atom stereocenters. The van der Waals surface area contributed by atoms with Crippen molar-refractivity contribution in [2.75, 3.05) is 13.6 Å². The Balaban J connectivity index is 4.20. The number of amides is 1. The summed E-state index contributed by atoms with van der Waals surface area (Å²) < 4.78 is 0. The summed E-state index contributed by atoms with van der Waals surface area (Å²) in [5.41, 5.74) is 10.7. The average Bonchev–Trinajstić information content (AvgIpc) is 2.03. The van der Waals surface area contributed by atoms with E-state index in [9.17, 15) is 4.79 Å². The van der Waals surface area contributed by atoms with Crippen molar-refractivity contribution in [1.82, 2.24) is 4.90 Å². The zero-order valence-electron chi connectivity index (χ0n) is 8.08. The van der Waals surface area contributed by atoms with E-state index in [0.29, 0.717) is 6.54 Å². The van der Waals surface area contributed by atoms with E-state index in [4.69, 9.17) is 11.5 Å². The molecule has 0 saturated carbocycles. The first-order valence-corrected chi connectivity index (χ1v) is 4.25. The molecule has 0 aromatic rings. The number of rotatable bonds is 5. The molecule has 0 aliphatic carbocycles. The van der Waals surface area contributed by atoms with Crippen LogP contribution in [0.25, 0.3) is 0 Å². The zero-order valence-corrected chi connectivity index (χ0v) is 8.08. The number of carbonyl (C=O) groups is 1. The highest BCUT2D eigenvalue weighted by Gasteiger charge is 2.21. The minimum atomic E-state index is -0.277. The highest BCUT2D eigenvalue weighted by molar-refractivity contribution is 5.79. The molecule has 0 heterocycles. The second-order valence-electron chi connectivity index (χ2n) is 3.08. The lowest BCUT2D eigenvalue weighted by molar-refractivity contribution is -0.123. The van der Waals surface area contributed by atoms with Crippen LogP contribution in [0.1, 0.15) is 20.3 Å². The molecule has 0 aromatic carbocycles. The molecule has 0 aliphatic heterocycles. The normalized spacial score (nSPS) is 16.1. The van der Waals surface area contributed by atoms with Crippen LogP contribution in [0.2, 0.25) is 0 Å². The summed E-state index contributed by atoms with van der Waals surface area (Å²) in [5.74, 6) is -0.277. The van der Waals surface area contributed by atoms with Crippen molar-refractivity contribution >= 4 is 5.91 Å². The first-order chi connectivity index (χ1) is 5.54. The van der Waals surface area contributed by atoms with E-state index in [0.717, 1.165) is 6.42 Å². The lowest BCUT2D eigenvalue weighted by atomic mass is 10.1. The number of nitrogens with two attached hydrogens (primary N) is 2. The highest BCUT2D eigenvalue weighted by Crippen LogP contribution is 2.04. The molecular weight excluding hydrogens is 154 g/mol. The van der Waals surface area contributed by atoms with Gasteiger partial charge in [0.2, 0.25) is 5.91 Å². The van der Waals surface area contributed by atoms with Crippen molar-refractivity contribution in [2.24, 2.45) is 11.5 Å². The number of nitrogens with zero attached hydrogens (tertiary/aromatic N) is 1. The fraction of sp³-hybridized carbons (Fsp3) is 0.875. The van der Waals surface area contributed by atoms with Crippen LogP contribution in [-0.4, -0.2) is 36.5 Å². The van der Waals surface area contributed by atoms with Gasteiger partial charge in [0, 0.05) is 12.6 Å². The number of primary amides is 1. The van der Waals surface area contributed by atoms with Gasteiger partial charge in [-0.25, -0.2) is 0 Å². The molecule has 0 spiro atoms. The molecule has 0 saturated heterocycles. The van der Waals surface area contributed by atoms with Gasteiger partial charge in [0.1, 0.15) is 0 Å². The van der Waals surface area contributed by atoms with Gasteiger partial charge in [-0.2, -0.15) is 0 Å². The fourth-order valence-electron chi connectivity index (χ4n) is 1.16. The van der Waals surface area contributed by atoms with Crippen LogP contribution in [0.3, 0.4) is 0 Å². The maximum Gasteiger partial charge on any atom is 0.234 e. The molecule has 0 bridgehead atoms. The third-order valence-corrected chi connectivity index (χ3v) is 2.24. The van der Waals surface area contributed by atoms with Crippen LogP contribution in [0.4, 0.5) is 0 Å². The molecule has 0 rings (SSSR count). The van der Waals surface area contributed by atoms with E-state index in [1.165, 1.54) is 0 Å². The molecule has 12 heavy (non-hydrogen) atoms. The maximum atomic E-state index is 10.9. The monoisotopic (exact) mass is 173 g/mol. The van der Waals surface area contributed by atoms with Gasteiger partial charge in [0.05, 0.1) is 6.04 Å². The van der Waals surface area contributed by atoms with Gasteiger partial charge in [0.25, 0.3) is 0 Å². The molecule has 1 amide bonds. The molecular formula is C8H19N3O. The van der Waals surface area contributed by atoms with Gasteiger partial charge in [-0.3, -0.25) is 9.69 Å². The number of likely N-dealkylation sites (N-methyl/N-ethyl adjacent to an activating group) is 1. The smallest absolute Gasteiger partial charge is 0.234 e. The van der Waals surface area contributed by atoms with Crippen LogP contribution in [0, 0.1) is 0 Å². The van der Waals surface area contributed by atoms with Crippen molar-refractivity contribution in [3.63, 3.8) is 0 Å². The Morgan fingerprint density at radius 1 is 1.58 bits per heavy atom. The van der Waals surface area contributed by atoms with Crippen LogP contribution in [0.5, 0.6) is 0 Å². The predicted octanol–water partition coefficient (Wildman–Crippen LogP) is -0.471. The largest absolute Gasteiger partial charge is 0.368 e. The van der Waals surface area contributed by atoms with Crippen LogP contribution >= 0.6 is 0 Å². The Kier molecular flexibility index (Phi) is 4.85. The van der Waals surface area contributed by atoms with Crippen molar-refractivity contribution in [3.05, 3.63) is 0 Å². The second-order valence-corrected chi connectivity index (χ2v) is 3.08. The Hall–Kier alpha value is -0.610. The molecule has 4 heteroatoms. The Morgan fingerprint density at radius 3 is 2.33 bits per heavy atom. The molecule has 0 fully saturated rings. The minimum Gasteiger partial charge on any atom is -0.368 e. The van der Waals surface area contributed by atoms with E-state index in [2.05, 4.69) is 0 Å². The maximum absolute atomic E-state index is 10.9. The summed E-state index contributed by atoms with van der Waals surface area (Å²) in [5, 5.41) is 0. The first-order valence-electron chi connectivity index (χ1n) is 4.25. The molecule has 72 valence electrons. The van der Waals surface area contributed by atoms with Crippen molar-refractivity contribution in [2.45, 2.75) is 32.4 Å². The Labute approximate surface area is 73.9 Å². The Morgan fingerprint density at radius 2 is 2.08 bits per heavy atom. The topological polar surface area (TPSA) is 72.4 Å². The van der Waals surface area contributed by atoms with E-state index in [1.54, 1.807) is 0 Å². The van der Waals surface area contributed by atoms with Gasteiger partial charge < -0.3 is 11.5 Å². The van der Waals surface area contributed by atoms with Gasteiger partial charge >= 0.3 is 0 Å². The van der Waals surface area contributed by atoms with Gasteiger partial charge in [-0.15, -0.1) is 0 Å². The van der Waals surface area contributed by atoms with Crippen molar-refractivity contribution in [1.29, 1.82) is 0 Å². The van der Waals surface area contributed by atoms with E-state index in [1.807, 2.05) is 25.8 Å². The summed E-state index contributed by atoms with van der Waals surface area (Å²) in [6, 6.07) is 0.00556. The van der Waals surface area contributed by atoms with Gasteiger partial charge in [0.15, 0.2) is 0 Å². The lowest BCUT2D eigenvalue weighted by Gasteiger charge is -2.29. The molecule has 0 aliphatic rings. The quantitative estimate of drug-likeness (QED) is 0.590. The SMILES string of the molecule is CCC(C(N)=O)N(C)C(C)CN. The highest BCUT2D eigenvalue weighted by atomic mass is 16.1. The molecule has 4 nitrogen and oxygen atoms in total. The van der Waals surface area contributed by atoms with E-state index >= 15 is 0 Å². The van der Waals surface area contributed by atoms with Gasteiger partial charge in [-0.1, -0.05) is 6.92 Å². The Bertz CT molecular complexity index is 149. The van der Waals surface area contributed by atoms with E-state index in [-0.39, 0.29) is 18.0 Å². The zero-order chi connectivity index (χ0) is 9.72. The standard InChI is InChI=1S/C8H19N3O/c1-4-7(8(10)12)11(3)6(2)5-9/h6-7H,4-5,9H2,1-3H3,(H2,10,12). The third kappa shape index (κ3) is 2.79. The summed E-state index contributed by atoms with van der Waals surface area (Å²) in [6.07, 6.45) is 0.732. The minimum absolute atomic E-state index is 0.191. The van der Waals surface area contributed by atoms with E-state index < -0.39 is 0 Å². The van der Waals surface area contributed by atoms with Crippen LogP contribution in [-0.2, 0) is 4.79 Å². The van der Waals surface area contributed by atoms with Gasteiger partial charge in [-0.05, 0) is 20.4 Å².